The Labute approximate surface area is 68.5 Å². The quantitative estimate of drug-likeness (QED) is 0.541. The fourth-order valence-electron chi connectivity index (χ4n) is 0.838. The number of nitrogens with two attached hydrogens (primary N) is 2. The molecule has 0 aromatic carbocycles. The van der Waals surface area contributed by atoms with Gasteiger partial charge in [-0.3, -0.25) is 4.79 Å². The molecule has 0 fully saturated rings. The van der Waals surface area contributed by atoms with Gasteiger partial charge in [0, 0.05) is 5.92 Å². The second-order valence-electron chi connectivity index (χ2n) is 2.44. The number of aliphatic carboxylic acids is 1. The topological polar surface area (TPSA) is 89.3 Å². The fraction of sp³-hybridized carbons (Fsp3) is 0.833. The van der Waals surface area contributed by atoms with Crippen LogP contribution in [0.5, 0.6) is 0 Å². The Hall–Kier alpha value is -0.750. The maximum Gasteiger partial charge on any atom is 0.320 e. The molecule has 0 amide bonds. The van der Waals surface area contributed by atoms with Gasteiger partial charge in [0.2, 0.25) is 6.43 Å². The molecule has 0 saturated carbocycles. The first-order valence-corrected chi connectivity index (χ1v) is 3.47. The van der Waals surface area contributed by atoms with Crippen LogP contribution in [0.15, 0.2) is 0 Å². The minimum atomic E-state index is -2.74. The van der Waals surface area contributed by atoms with Crippen molar-refractivity contribution in [1.82, 2.24) is 0 Å². The van der Waals surface area contributed by atoms with Gasteiger partial charge in [-0.1, -0.05) is 0 Å². The molecular formula is C6H12F2N2O2. The number of carboxylic acid groups (broad SMARTS) is 1. The van der Waals surface area contributed by atoms with Gasteiger partial charge in [-0.2, -0.15) is 0 Å². The lowest BCUT2D eigenvalue weighted by atomic mass is 9.97. The SMILES string of the molecule is NCCC(C(F)F)[C@H](N)C(=O)O. The van der Waals surface area contributed by atoms with E-state index in [-0.39, 0.29) is 13.0 Å². The predicted molar refractivity (Wildman–Crippen MR) is 38.8 cm³/mol. The summed E-state index contributed by atoms with van der Waals surface area (Å²) in [6.07, 6.45) is -2.81. The highest BCUT2D eigenvalue weighted by atomic mass is 19.3. The molecule has 1 unspecified atom stereocenters. The first-order chi connectivity index (χ1) is 5.50. The van der Waals surface area contributed by atoms with Gasteiger partial charge < -0.3 is 16.6 Å². The largest absolute Gasteiger partial charge is 0.480 e. The molecule has 72 valence electrons. The number of carbonyl (C=O) groups is 1. The molecule has 0 radical (unpaired) electrons. The summed E-state index contributed by atoms with van der Waals surface area (Å²) >= 11 is 0. The van der Waals surface area contributed by atoms with E-state index >= 15 is 0 Å². The standard InChI is InChI=1S/C6H12F2N2O2/c7-5(8)3(1-2-9)4(10)6(11)12/h3-5H,1-2,9-10H2,(H,11,12)/t3?,4-/m0/s1. The van der Waals surface area contributed by atoms with Crippen LogP contribution in [-0.4, -0.2) is 30.1 Å². The number of carboxylic acids is 1. The summed E-state index contributed by atoms with van der Waals surface area (Å²) in [7, 11) is 0. The van der Waals surface area contributed by atoms with Crippen LogP contribution in [-0.2, 0) is 4.79 Å². The van der Waals surface area contributed by atoms with Gasteiger partial charge in [0.15, 0.2) is 0 Å². The highest BCUT2D eigenvalue weighted by molar-refractivity contribution is 5.73. The smallest absolute Gasteiger partial charge is 0.320 e. The number of hydrogen-bond donors (Lipinski definition) is 3. The molecule has 12 heavy (non-hydrogen) atoms. The summed E-state index contributed by atoms with van der Waals surface area (Å²) in [6.45, 7) is 0.00991. The molecule has 6 heteroatoms. The summed E-state index contributed by atoms with van der Waals surface area (Å²) < 4.78 is 24.2. The zero-order valence-corrected chi connectivity index (χ0v) is 6.41. The van der Waals surface area contributed by atoms with Crippen LogP contribution in [0.3, 0.4) is 0 Å². The lowest BCUT2D eigenvalue weighted by Crippen LogP contribution is -2.42. The van der Waals surface area contributed by atoms with Crippen molar-refractivity contribution < 1.29 is 18.7 Å². The zero-order chi connectivity index (χ0) is 9.72. The molecule has 5 N–H and O–H groups in total. The van der Waals surface area contributed by atoms with Gasteiger partial charge in [0.25, 0.3) is 0 Å². The Balaban J connectivity index is 4.18. The van der Waals surface area contributed by atoms with Gasteiger partial charge in [0.05, 0.1) is 0 Å². The number of alkyl halides is 2. The summed E-state index contributed by atoms with van der Waals surface area (Å²) in [4.78, 5) is 10.2. The molecule has 0 aliphatic heterocycles. The molecular weight excluding hydrogens is 170 g/mol. The average molecular weight is 182 g/mol. The van der Waals surface area contributed by atoms with E-state index in [1.807, 2.05) is 0 Å². The second kappa shape index (κ2) is 5.00. The maximum atomic E-state index is 12.1. The molecule has 2 atom stereocenters. The van der Waals surface area contributed by atoms with E-state index in [1.54, 1.807) is 0 Å². The van der Waals surface area contributed by atoms with E-state index in [0.29, 0.717) is 0 Å². The minimum absolute atomic E-state index is 0.00991. The van der Waals surface area contributed by atoms with Crippen LogP contribution in [0, 0.1) is 5.92 Å². The summed E-state index contributed by atoms with van der Waals surface area (Å²) in [5.41, 5.74) is 10.0. The van der Waals surface area contributed by atoms with E-state index in [9.17, 15) is 13.6 Å². The van der Waals surface area contributed by atoms with E-state index in [0.717, 1.165) is 0 Å². The molecule has 0 saturated heterocycles. The van der Waals surface area contributed by atoms with Crippen LogP contribution in [0.2, 0.25) is 0 Å². The highest BCUT2D eigenvalue weighted by Crippen LogP contribution is 2.16. The van der Waals surface area contributed by atoms with Crippen molar-refractivity contribution in [1.29, 1.82) is 0 Å². The van der Waals surface area contributed by atoms with Gasteiger partial charge >= 0.3 is 5.97 Å². The minimum Gasteiger partial charge on any atom is -0.480 e. The molecule has 0 bridgehead atoms. The molecule has 0 aliphatic carbocycles. The second-order valence-corrected chi connectivity index (χ2v) is 2.44. The Kier molecular flexibility index (Phi) is 4.68. The third kappa shape index (κ3) is 3.10. The Morgan fingerprint density at radius 1 is 1.50 bits per heavy atom. The summed E-state index contributed by atoms with van der Waals surface area (Å²) in [6, 6.07) is -1.53. The van der Waals surface area contributed by atoms with Crippen molar-refractivity contribution in [2.75, 3.05) is 6.54 Å². The third-order valence-corrected chi connectivity index (χ3v) is 1.57. The zero-order valence-electron chi connectivity index (χ0n) is 6.41. The number of halogens is 2. The van der Waals surface area contributed by atoms with Gasteiger partial charge in [-0.05, 0) is 13.0 Å². The molecule has 0 rings (SSSR count). The predicted octanol–water partition coefficient (Wildman–Crippen LogP) is -0.372. The molecule has 4 nitrogen and oxygen atoms in total. The van der Waals surface area contributed by atoms with Gasteiger partial charge in [-0.15, -0.1) is 0 Å². The van der Waals surface area contributed by atoms with Gasteiger partial charge in [-0.25, -0.2) is 8.78 Å². The van der Waals surface area contributed by atoms with Crippen molar-refractivity contribution in [3.05, 3.63) is 0 Å². The van der Waals surface area contributed by atoms with Crippen molar-refractivity contribution in [2.45, 2.75) is 18.9 Å². The lowest BCUT2D eigenvalue weighted by Gasteiger charge is -2.18. The van der Waals surface area contributed by atoms with E-state index < -0.39 is 24.4 Å². The van der Waals surface area contributed by atoms with E-state index in [2.05, 4.69) is 0 Å². The van der Waals surface area contributed by atoms with Crippen molar-refractivity contribution in [3.63, 3.8) is 0 Å². The third-order valence-electron chi connectivity index (χ3n) is 1.57. The first kappa shape index (κ1) is 11.2. The van der Waals surface area contributed by atoms with Crippen LogP contribution >= 0.6 is 0 Å². The molecule has 0 heterocycles. The van der Waals surface area contributed by atoms with Crippen LogP contribution < -0.4 is 11.5 Å². The monoisotopic (exact) mass is 182 g/mol. The van der Waals surface area contributed by atoms with Crippen molar-refractivity contribution in [2.24, 2.45) is 17.4 Å². The Morgan fingerprint density at radius 2 is 2.00 bits per heavy atom. The summed E-state index contributed by atoms with van der Waals surface area (Å²) in [5.74, 6) is -2.78. The molecule has 0 spiro atoms. The molecule has 0 aromatic rings. The van der Waals surface area contributed by atoms with Gasteiger partial charge in [0.1, 0.15) is 6.04 Å². The number of hydrogen-bond acceptors (Lipinski definition) is 3. The summed E-state index contributed by atoms with van der Waals surface area (Å²) in [5, 5.41) is 8.33. The van der Waals surface area contributed by atoms with E-state index in [1.165, 1.54) is 0 Å². The van der Waals surface area contributed by atoms with Crippen LogP contribution in [0.1, 0.15) is 6.42 Å². The lowest BCUT2D eigenvalue weighted by molar-refractivity contribution is -0.141. The molecule has 0 aliphatic rings. The van der Waals surface area contributed by atoms with Crippen molar-refractivity contribution in [3.8, 4) is 0 Å². The average Bonchev–Trinajstić information content (AvgIpc) is 1.98. The van der Waals surface area contributed by atoms with Crippen LogP contribution in [0.4, 0.5) is 8.78 Å². The normalized spacial score (nSPS) is 16.1. The maximum absolute atomic E-state index is 12.1. The Bertz CT molecular complexity index is 154. The Morgan fingerprint density at radius 3 is 2.25 bits per heavy atom. The first-order valence-electron chi connectivity index (χ1n) is 3.47. The van der Waals surface area contributed by atoms with Crippen molar-refractivity contribution >= 4 is 5.97 Å². The van der Waals surface area contributed by atoms with E-state index in [4.69, 9.17) is 16.6 Å². The molecule has 0 aromatic heterocycles. The van der Waals surface area contributed by atoms with Crippen LogP contribution in [0.25, 0.3) is 0 Å². The fourth-order valence-corrected chi connectivity index (χ4v) is 0.838. The number of rotatable bonds is 5. The highest BCUT2D eigenvalue weighted by Gasteiger charge is 2.31.